The predicted octanol–water partition coefficient (Wildman–Crippen LogP) is 4.87. The van der Waals surface area contributed by atoms with Gasteiger partial charge in [0.15, 0.2) is 5.58 Å². The molecule has 0 saturated heterocycles. The Hall–Kier alpha value is -1.48. The van der Waals surface area contributed by atoms with Crippen molar-refractivity contribution in [1.82, 2.24) is 0 Å². The van der Waals surface area contributed by atoms with E-state index < -0.39 is 0 Å². The van der Waals surface area contributed by atoms with Crippen molar-refractivity contribution in [3.63, 3.8) is 0 Å². The van der Waals surface area contributed by atoms with Crippen LogP contribution < -0.4 is 5.73 Å². The van der Waals surface area contributed by atoms with Crippen LogP contribution in [0.15, 0.2) is 46.9 Å². The molecule has 0 aliphatic rings. The van der Waals surface area contributed by atoms with E-state index >= 15 is 0 Å². The van der Waals surface area contributed by atoms with Crippen LogP contribution in [0.1, 0.15) is 5.56 Å². The number of halogens is 2. The number of nitrogens with two attached hydrogens (primary N) is 1. The van der Waals surface area contributed by atoms with Gasteiger partial charge in [0.1, 0.15) is 5.76 Å². The van der Waals surface area contributed by atoms with Crippen molar-refractivity contribution < 1.29 is 4.42 Å². The standard InChI is InChI=1S/C15H11Cl2NO/c16-12-5-4-9(6-11(12)8-18)14-7-10-2-1-3-13(17)15(10)19-14/h1-7H,8,18H2. The Bertz CT molecular complexity index is 749. The lowest BCUT2D eigenvalue weighted by atomic mass is 10.1. The average Bonchev–Trinajstić information content (AvgIpc) is 2.85. The second-order valence-corrected chi connectivity index (χ2v) is 5.09. The summed E-state index contributed by atoms with van der Waals surface area (Å²) < 4.78 is 5.81. The van der Waals surface area contributed by atoms with E-state index in [0.717, 1.165) is 22.3 Å². The molecule has 0 radical (unpaired) electrons. The van der Waals surface area contributed by atoms with Gasteiger partial charge in [-0.05, 0) is 35.9 Å². The third-order valence-electron chi connectivity index (χ3n) is 3.05. The topological polar surface area (TPSA) is 39.2 Å². The van der Waals surface area contributed by atoms with Crippen LogP contribution in [-0.4, -0.2) is 0 Å². The van der Waals surface area contributed by atoms with E-state index in [-0.39, 0.29) is 0 Å². The second-order valence-electron chi connectivity index (χ2n) is 4.28. The zero-order valence-electron chi connectivity index (χ0n) is 9.99. The molecule has 0 unspecified atom stereocenters. The molecule has 0 atom stereocenters. The summed E-state index contributed by atoms with van der Waals surface area (Å²) in [5.41, 5.74) is 8.19. The van der Waals surface area contributed by atoms with Gasteiger partial charge in [-0.25, -0.2) is 0 Å². The van der Waals surface area contributed by atoms with Gasteiger partial charge in [0.05, 0.1) is 5.02 Å². The van der Waals surface area contributed by atoms with E-state index in [1.165, 1.54) is 0 Å². The fourth-order valence-corrected chi connectivity index (χ4v) is 2.47. The van der Waals surface area contributed by atoms with E-state index in [0.29, 0.717) is 22.2 Å². The van der Waals surface area contributed by atoms with Crippen LogP contribution in [0, 0.1) is 0 Å². The van der Waals surface area contributed by atoms with Gasteiger partial charge in [0.25, 0.3) is 0 Å². The van der Waals surface area contributed by atoms with E-state index in [2.05, 4.69) is 0 Å². The molecular weight excluding hydrogens is 281 g/mol. The third-order valence-corrected chi connectivity index (χ3v) is 3.71. The average molecular weight is 292 g/mol. The van der Waals surface area contributed by atoms with E-state index in [9.17, 15) is 0 Å². The Morgan fingerprint density at radius 1 is 1.00 bits per heavy atom. The van der Waals surface area contributed by atoms with Gasteiger partial charge in [0, 0.05) is 22.5 Å². The summed E-state index contributed by atoms with van der Waals surface area (Å²) in [5.74, 6) is 0.759. The van der Waals surface area contributed by atoms with Crippen molar-refractivity contribution in [3.8, 4) is 11.3 Å². The summed E-state index contributed by atoms with van der Waals surface area (Å²) in [6, 6.07) is 13.3. The molecule has 1 heterocycles. The Kier molecular flexibility index (Phi) is 3.23. The number of fused-ring (bicyclic) bond motifs is 1. The van der Waals surface area contributed by atoms with Gasteiger partial charge >= 0.3 is 0 Å². The summed E-state index contributed by atoms with van der Waals surface area (Å²) in [6.07, 6.45) is 0. The highest BCUT2D eigenvalue weighted by atomic mass is 35.5. The summed E-state index contributed by atoms with van der Waals surface area (Å²) >= 11 is 12.2. The Balaban J connectivity index is 2.16. The normalized spacial score (nSPS) is 11.1. The predicted molar refractivity (Wildman–Crippen MR) is 79.6 cm³/mol. The quantitative estimate of drug-likeness (QED) is 0.732. The molecule has 0 amide bonds. The molecule has 1 aromatic heterocycles. The van der Waals surface area contributed by atoms with Gasteiger partial charge in [0.2, 0.25) is 0 Å². The molecule has 0 fully saturated rings. The molecule has 3 aromatic rings. The van der Waals surface area contributed by atoms with Crippen molar-refractivity contribution in [1.29, 1.82) is 0 Å². The van der Waals surface area contributed by atoms with Crippen LogP contribution in [0.5, 0.6) is 0 Å². The van der Waals surface area contributed by atoms with Crippen LogP contribution >= 0.6 is 23.2 Å². The largest absolute Gasteiger partial charge is 0.455 e. The van der Waals surface area contributed by atoms with Gasteiger partial charge in [-0.2, -0.15) is 0 Å². The number of benzene rings is 2. The van der Waals surface area contributed by atoms with E-state index in [1.807, 2.05) is 42.5 Å². The molecule has 2 aromatic carbocycles. The van der Waals surface area contributed by atoms with Crippen LogP contribution in [0.2, 0.25) is 10.0 Å². The lowest BCUT2D eigenvalue weighted by Crippen LogP contribution is -1.97. The summed E-state index contributed by atoms with van der Waals surface area (Å²) in [4.78, 5) is 0. The number of rotatable bonds is 2. The van der Waals surface area contributed by atoms with Gasteiger partial charge in [-0.3, -0.25) is 0 Å². The van der Waals surface area contributed by atoms with Gasteiger partial charge < -0.3 is 10.2 Å². The first-order valence-corrected chi connectivity index (χ1v) is 6.61. The number of furan rings is 1. The zero-order chi connectivity index (χ0) is 13.4. The van der Waals surface area contributed by atoms with E-state index in [4.69, 9.17) is 33.4 Å². The van der Waals surface area contributed by atoms with Crippen molar-refractivity contribution in [2.24, 2.45) is 5.73 Å². The Morgan fingerprint density at radius 3 is 2.58 bits per heavy atom. The number of hydrogen-bond acceptors (Lipinski definition) is 2. The maximum absolute atomic E-state index is 6.11. The lowest BCUT2D eigenvalue weighted by Gasteiger charge is -2.03. The highest BCUT2D eigenvalue weighted by Crippen LogP contribution is 2.33. The molecule has 3 rings (SSSR count). The SMILES string of the molecule is NCc1cc(-c2cc3cccc(Cl)c3o2)ccc1Cl. The van der Waals surface area contributed by atoms with Crippen molar-refractivity contribution in [2.45, 2.75) is 6.54 Å². The molecule has 2 nitrogen and oxygen atoms in total. The summed E-state index contributed by atoms with van der Waals surface area (Å²) in [7, 11) is 0. The maximum Gasteiger partial charge on any atom is 0.153 e. The molecule has 19 heavy (non-hydrogen) atoms. The van der Waals surface area contributed by atoms with E-state index in [1.54, 1.807) is 0 Å². The minimum absolute atomic E-state index is 0.396. The van der Waals surface area contributed by atoms with Crippen LogP contribution in [-0.2, 0) is 6.54 Å². The van der Waals surface area contributed by atoms with Crippen molar-refractivity contribution in [3.05, 3.63) is 58.1 Å². The fraction of sp³-hybridized carbons (Fsp3) is 0.0667. The minimum atomic E-state index is 0.396. The highest BCUT2D eigenvalue weighted by molar-refractivity contribution is 6.34. The molecule has 0 bridgehead atoms. The molecule has 4 heteroatoms. The molecule has 2 N–H and O–H groups in total. The smallest absolute Gasteiger partial charge is 0.153 e. The monoisotopic (exact) mass is 291 g/mol. The summed E-state index contributed by atoms with van der Waals surface area (Å²) in [6.45, 7) is 0.396. The fourth-order valence-electron chi connectivity index (χ4n) is 2.05. The molecule has 0 saturated carbocycles. The number of hydrogen-bond donors (Lipinski definition) is 1. The van der Waals surface area contributed by atoms with Gasteiger partial charge in [-0.1, -0.05) is 35.3 Å². The molecule has 0 aliphatic carbocycles. The highest BCUT2D eigenvalue weighted by Gasteiger charge is 2.10. The van der Waals surface area contributed by atoms with Crippen LogP contribution in [0.4, 0.5) is 0 Å². The zero-order valence-corrected chi connectivity index (χ0v) is 11.5. The lowest BCUT2D eigenvalue weighted by molar-refractivity contribution is 0.631. The Morgan fingerprint density at radius 2 is 1.84 bits per heavy atom. The third kappa shape index (κ3) is 2.23. The first kappa shape index (κ1) is 12.5. The molecule has 0 spiro atoms. The maximum atomic E-state index is 6.11. The minimum Gasteiger partial charge on any atom is -0.455 e. The van der Waals surface area contributed by atoms with Crippen molar-refractivity contribution in [2.75, 3.05) is 0 Å². The molecule has 0 aliphatic heterocycles. The number of para-hydroxylation sites is 1. The Labute approximate surface area is 120 Å². The molecular formula is C15H11Cl2NO. The van der Waals surface area contributed by atoms with Crippen LogP contribution in [0.25, 0.3) is 22.3 Å². The van der Waals surface area contributed by atoms with Crippen molar-refractivity contribution >= 4 is 34.2 Å². The summed E-state index contributed by atoms with van der Waals surface area (Å²) in [5, 5.41) is 2.25. The second kappa shape index (κ2) is 4.89. The van der Waals surface area contributed by atoms with Crippen LogP contribution in [0.3, 0.4) is 0 Å². The first-order chi connectivity index (χ1) is 9.19. The first-order valence-electron chi connectivity index (χ1n) is 5.86. The molecule has 96 valence electrons. The van der Waals surface area contributed by atoms with Gasteiger partial charge in [-0.15, -0.1) is 0 Å².